The second-order valence-electron chi connectivity index (χ2n) is 4.74. The molecule has 0 aliphatic heterocycles. The van der Waals surface area contributed by atoms with Crippen molar-refractivity contribution in [3.8, 4) is 11.4 Å². The summed E-state index contributed by atoms with van der Waals surface area (Å²) in [6.45, 7) is 0. The third kappa shape index (κ3) is 2.36. The van der Waals surface area contributed by atoms with Crippen LogP contribution in [0.15, 0.2) is 41.3 Å². The van der Waals surface area contributed by atoms with Crippen molar-refractivity contribution in [1.29, 1.82) is 0 Å². The van der Waals surface area contributed by atoms with Crippen molar-refractivity contribution < 1.29 is 12.8 Å². The van der Waals surface area contributed by atoms with Crippen molar-refractivity contribution in [2.24, 2.45) is 0 Å². The standard InChI is InChI=1S/C14H12FN3O2S/c1-21(19,20)8-5-6-11-12(7-8)18-14(17-11)13-9(15)3-2-4-10(13)16/h2-7H,16H2,1H3,(H,17,18). The van der Waals surface area contributed by atoms with Crippen LogP contribution in [0.25, 0.3) is 22.4 Å². The SMILES string of the molecule is CS(=O)(=O)c1ccc2nc(-c3c(N)cccc3F)[nH]c2c1. The third-order valence-electron chi connectivity index (χ3n) is 3.16. The summed E-state index contributed by atoms with van der Waals surface area (Å²) in [6.07, 6.45) is 1.13. The van der Waals surface area contributed by atoms with Crippen LogP contribution >= 0.6 is 0 Å². The number of hydrogen-bond acceptors (Lipinski definition) is 4. The van der Waals surface area contributed by atoms with Crippen LogP contribution in [0.2, 0.25) is 0 Å². The molecule has 1 aromatic heterocycles. The molecular formula is C14H12FN3O2S. The minimum Gasteiger partial charge on any atom is -0.398 e. The Balaban J connectivity index is 2.23. The molecular weight excluding hydrogens is 293 g/mol. The van der Waals surface area contributed by atoms with Crippen molar-refractivity contribution >= 4 is 26.6 Å². The van der Waals surface area contributed by atoms with Crippen LogP contribution in [0.5, 0.6) is 0 Å². The van der Waals surface area contributed by atoms with E-state index in [4.69, 9.17) is 5.73 Å². The molecule has 7 heteroatoms. The Morgan fingerprint density at radius 2 is 2.00 bits per heavy atom. The van der Waals surface area contributed by atoms with Crippen LogP contribution in [0.1, 0.15) is 0 Å². The summed E-state index contributed by atoms with van der Waals surface area (Å²) in [5.41, 5.74) is 7.27. The summed E-state index contributed by atoms with van der Waals surface area (Å²) in [6, 6.07) is 8.89. The molecule has 3 aromatic rings. The van der Waals surface area contributed by atoms with Gasteiger partial charge in [0.15, 0.2) is 9.84 Å². The highest BCUT2D eigenvalue weighted by Gasteiger charge is 2.15. The van der Waals surface area contributed by atoms with Crippen molar-refractivity contribution in [3.63, 3.8) is 0 Å². The summed E-state index contributed by atoms with van der Waals surface area (Å²) in [7, 11) is -3.31. The summed E-state index contributed by atoms with van der Waals surface area (Å²) in [5, 5.41) is 0. The van der Waals surface area contributed by atoms with Crippen molar-refractivity contribution in [3.05, 3.63) is 42.2 Å². The van der Waals surface area contributed by atoms with Gasteiger partial charge in [0.2, 0.25) is 0 Å². The molecule has 2 aromatic carbocycles. The number of hydrogen-bond donors (Lipinski definition) is 2. The number of nitrogens with zero attached hydrogens (tertiary/aromatic N) is 1. The van der Waals surface area contributed by atoms with E-state index < -0.39 is 15.7 Å². The van der Waals surface area contributed by atoms with Gasteiger partial charge in [-0.3, -0.25) is 0 Å². The monoisotopic (exact) mass is 305 g/mol. The number of rotatable bonds is 2. The van der Waals surface area contributed by atoms with Gasteiger partial charge in [-0.15, -0.1) is 0 Å². The maximum Gasteiger partial charge on any atom is 0.175 e. The molecule has 0 bridgehead atoms. The number of nitrogens with two attached hydrogens (primary N) is 1. The van der Waals surface area contributed by atoms with Gasteiger partial charge in [0.1, 0.15) is 11.6 Å². The highest BCUT2D eigenvalue weighted by molar-refractivity contribution is 7.90. The molecule has 21 heavy (non-hydrogen) atoms. The van der Waals surface area contributed by atoms with Crippen LogP contribution in [0, 0.1) is 5.82 Å². The number of anilines is 1. The molecule has 3 N–H and O–H groups in total. The third-order valence-corrected chi connectivity index (χ3v) is 4.27. The first-order valence-electron chi connectivity index (χ1n) is 6.10. The van der Waals surface area contributed by atoms with Crippen molar-refractivity contribution in [1.82, 2.24) is 9.97 Å². The lowest BCUT2D eigenvalue weighted by Gasteiger charge is -2.02. The van der Waals surface area contributed by atoms with E-state index >= 15 is 0 Å². The van der Waals surface area contributed by atoms with E-state index in [-0.39, 0.29) is 22.0 Å². The normalized spacial score (nSPS) is 11.9. The number of imidazole rings is 1. The predicted molar refractivity (Wildman–Crippen MR) is 79.0 cm³/mol. The summed E-state index contributed by atoms with van der Waals surface area (Å²) >= 11 is 0. The number of aromatic nitrogens is 2. The molecule has 0 amide bonds. The summed E-state index contributed by atoms with van der Waals surface area (Å²) in [4.78, 5) is 7.34. The minimum atomic E-state index is -3.31. The van der Waals surface area contributed by atoms with Crippen LogP contribution < -0.4 is 5.73 Å². The molecule has 0 unspecified atom stereocenters. The van der Waals surface area contributed by atoms with Gasteiger partial charge in [-0.05, 0) is 30.3 Å². The zero-order valence-electron chi connectivity index (χ0n) is 11.1. The van der Waals surface area contributed by atoms with E-state index in [9.17, 15) is 12.8 Å². The first kappa shape index (κ1) is 13.6. The number of aromatic amines is 1. The van der Waals surface area contributed by atoms with Crippen LogP contribution in [0.3, 0.4) is 0 Å². The minimum absolute atomic E-state index is 0.173. The fraction of sp³-hybridized carbons (Fsp3) is 0.0714. The molecule has 108 valence electrons. The summed E-state index contributed by atoms with van der Waals surface area (Å²) < 4.78 is 37.0. The number of H-pyrrole nitrogens is 1. The molecule has 5 nitrogen and oxygen atoms in total. The van der Waals surface area contributed by atoms with Gasteiger partial charge >= 0.3 is 0 Å². The van der Waals surface area contributed by atoms with E-state index in [1.165, 1.54) is 24.3 Å². The molecule has 3 rings (SSSR count). The molecule has 0 aliphatic rings. The van der Waals surface area contributed by atoms with Gasteiger partial charge in [-0.25, -0.2) is 17.8 Å². The largest absolute Gasteiger partial charge is 0.398 e. The highest BCUT2D eigenvalue weighted by atomic mass is 32.2. The lowest BCUT2D eigenvalue weighted by Crippen LogP contribution is -1.96. The lowest BCUT2D eigenvalue weighted by molar-refractivity contribution is 0.602. The van der Waals surface area contributed by atoms with Gasteiger partial charge in [-0.1, -0.05) is 6.07 Å². The molecule has 0 fully saturated rings. The number of nitrogen functional groups attached to an aromatic ring is 1. The Morgan fingerprint density at radius 1 is 1.24 bits per heavy atom. The smallest absolute Gasteiger partial charge is 0.175 e. The Morgan fingerprint density at radius 3 is 2.67 bits per heavy atom. The Hall–Kier alpha value is -2.41. The molecule has 0 radical (unpaired) electrons. The molecule has 0 saturated carbocycles. The quantitative estimate of drug-likeness (QED) is 0.711. The Labute approximate surface area is 120 Å². The molecule has 0 aliphatic carbocycles. The van der Waals surface area contributed by atoms with E-state index in [1.54, 1.807) is 12.1 Å². The van der Waals surface area contributed by atoms with Gasteiger partial charge in [-0.2, -0.15) is 0 Å². The van der Waals surface area contributed by atoms with Gasteiger partial charge in [0.05, 0.1) is 21.5 Å². The van der Waals surface area contributed by atoms with Crippen LogP contribution in [0.4, 0.5) is 10.1 Å². The zero-order valence-corrected chi connectivity index (χ0v) is 11.9. The van der Waals surface area contributed by atoms with Crippen molar-refractivity contribution in [2.75, 3.05) is 12.0 Å². The maximum absolute atomic E-state index is 13.9. The molecule has 0 spiro atoms. The van der Waals surface area contributed by atoms with E-state index in [2.05, 4.69) is 9.97 Å². The van der Waals surface area contributed by atoms with Crippen LogP contribution in [-0.2, 0) is 9.84 Å². The van der Waals surface area contributed by atoms with E-state index in [1.807, 2.05) is 0 Å². The number of fused-ring (bicyclic) bond motifs is 1. The van der Waals surface area contributed by atoms with Crippen molar-refractivity contribution in [2.45, 2.75) is 4.90 Å². The number of sulfone groups is 1. The number of halogens is 1. The summed E-state index contributed by atoms with van der Waals surface area (Å²) in [5.74, 6) is -0.219. The molecule has 0 saturated heterocycles. The zero-order chi connectivity index (χ0) is 15.2. The molecule has 0 atom stereocenters. The van der Waals surface area contributed by atoms with E-state index in [0.717, 1.165) is 6.26 Å². The topological polar surface area (TPSA) is 88.8 Å². The Kier molecular flexibility index (Phi) is 2.94. The highest BCUT2D eigenvalue weighted by Crippen LogP contribution is 2.29. The first-order chi connectivity index (χ1) is 9.86. The average molecular weight is 305 g/mol. The van der Waals surface area contributed by atoms with Gasteiger partial charge in [0.25, 0.3) is 0 Å². The Bertz CT molecular complexity index is 928. The molecule has 1 heterocycles. The average Bonchev–Trinajstić information content (AvgIpc) is 2.79. The second-order valence-corrected chi connectivity index (χ2v) is 6.76. The van der Waals surface area contributed by atoms with Crippen LogP contribution in [-0.4, -0.2) is 24.6 Å². The number of nitrogens with one attached hydrogen (secondary N) is 1. The maximum atomic E-state index is 13.9. The first-order valence-corrected chi connectivity index (χ1v) is 7.99. The van der Waals surface area contributed by atoms with E-state index in [0.29, 0.717) is 11.0 Å². The predicted octanol–water partition coefficient (Wildman–Crippen LogP) is 2.35. The fourth-order valence-corrected chi connectivity index (χ4v) is 2.78. The van der Waals surface area contributed by atoms with Gasteiger partial charge in [0, 0.05) is 11.9 Å². The number of benzene rings is 2. The van der Waals surface area contributed by atoms with Gasteiger partial charge < -0.3 is 10.7 Å². The fourth-order valence-electron chi connectivity index (χ4n) is 2.13. The lowest BCUT2D eigenvalue weighted by atomic mass is 10.1. The second kappa shape index (κ2) is 4.56.